The highest BCUT2D eigenvalue weighted by atomic mass is 15.1. The number of likely N-dealkylation sites (tertiary alicyclic amines) is 1. The monoisotopic (exact) mass is 127 g/mol. The van der Waals surface area contributed by atoms with Gasteiger partial charge in [-0.25, -0.2) is 0 Å². The highest BCUT2D eigenvalue weighted by Crippen LogP contribution is 2.14. The van der Waals surface area contributed by atoms with Gasteiger partial charge in [0.2, 0.25) is 0 Å². The van der Waals surface area contributed by atoms with E-state index in [0.29, 0.717) is 0 Å². The molecule has 9 heavy (non-hydrogen) atoms. The summed E-state index contributed by atoms with van der Waals surface area (Å²) in [5.74, 6) is 0.968. The van der Waals surface area contributed by atoms with E-state index in [4.69, 9.17) is 0 Å². The Morgan fingerprint density at radius 3 is 2.78 bits per heavy atom. The Morgan fingerprint density at radius 2 is 2.00 bits per heavy atom. The standard InChI is InChI=1S/C8H17N/c1-8-4-3-6-9(2)7-5-8/h8H,3-7H2,1-2H3/t8-/m0/s1. The Labute approximate surface area is 58.0 Å². The van der Waals surface area contributed by atoms with Crippen LogP contribution in [-0.2, 0) is 0 Å². The molecule has 1 atom stereocenters. The summed E-state index contributed by atoms with van der Waals surface area (Å²) < 4.78 is 0. The molecule has 1 fully saturated rings. The molecular formula is C8H17N. The van der Waals surface area contributed by atoms with Crippen molar-refractivity contribution in [1.82, 2.24) is 4.90 Å². The zero-order chi connectivity index (χ0) is 6.69. The van der Waals surface area contributed by atoms with Gasteiger partial charge in [0.1, 0.15) is 0 Å². The third-order valence-electron chi connectivity index (χ3n) is 2.24. The van der Waals surface area contributed by atoms with Crippen molar-refractivity contribution in [1.29, 1.82) is 0 Å². The van der Waals surface area contributed by atoms with E-state index in [2.05, 4.69) is 18.9 Å². The zero-order valence-electron chi connectivity index (χ0n) is 6.56. The second-order valence-electron chi connectivity index (χ2n) is 3.34. The fourth-order valence-electron chi connectivity index (χ4n) is 1.41. The fraction of sp³-hybridized carbons (Fsp3) is 1.00. The highest BCUT2D eigenvalue weighted by Gasteiger charge is 2.09. The number of nitrogens with zero attached hydrogens (tertiary/aromatic N) is 1. The average Bonchev–Trinajstić information content (AvgIpc) is 1.97. The third-order valence-corrected chi connectivity index (χ3v) is 2.24. The first kappa shape index (κ1) is 7.07. The molecule has 0 aliphatic carbocycles. The van der Waals surface area contributed by atoms with Crippen molar-refractivity contribution in [2.24, 2.45) is 5.92 Å². The van der Waals surface area contributed by atoms with Crippen molar-refractivity contribution >= 4 is 0 Å². The second-order valence-corrected chi connectivity index (χ2v) is 3.34. The van der Waals surface area contributed by atoms with E-state index in [1.165, 1.54) is 32.4 Å². The molecular weight excluding hydrogens is 110 g/mol. The Balaban J connectivity index is 2.25. The molecule has 0 spiro atoms. The zero-order valence-corrected chi connectivity index (χ0v) is 6.56. The van der Waals surface area contributed by atoms with Crippen LogP contribution in [0.5, 0.6) is 0 Å². The first-order valence-corrected chi connectivity index (χ1v) is 3.97. The summed E-state index contributed by atoms with van der Waals surface area (Å²) in [7, 11) is 2.22. The predicted molar refractivity (Wildman–Crippen MR) is 40.5 cm³/mol. The lowest BCUT2D eigenvalue weighted by molar-refractivity contribution is 0.344. The van der Waals surface area contributed by atoms with Crippen LogP contribution in [0.3, 0.4) is 0 Å². The summed E-state index contributed by atoms with van der Waals surface area (Å²) in [4.78, 5) is 2.43. The molecule has 0 N–H and O–H groups in total. The van der Waals surface area contributed by atoms with Gasteiger partial charge >= 0.3 is 0 Å². The minimum atomic E-state index is 0.968. The molecule has 1 heteroatoms. The Morgan fingerprint density at radius 1 is 1.22 bits per heavy atom. The number of hydrogen-bond donors (Lipinski definition) is 0. The molecule has 1 aliphatic rings. The molecule has 0 saturated carbocycles. The number of rotatable bonds is 0. The Bertz CT molecular complexity index is 70.6. The van der Waals surface area contributed by atoms with E-state index in [9.17, 15) is 0 Å². The van der Waals surface area contributed by atoms with Crippen LogP contribution in [0.2, 0.25) is 0 Å². The number of hydrogen-bond acceptors (Lipinski definition) is 1. The maximum Gasteiger partial charge on any atom is -0.00192 e. The molecule has 0 unspecified atom stereocenters. The van der Waals surface area contributed by atoms with Crippen LogP contribution < -0.4 is 0 Å². The molecule has 1 saturated heterocycles. The second kappa shape index (κ2) is 3.21. The molecule has 54 valence electrons. The smallest absolute Gasteiger partial charge is 0.00192 e. The SMILES string of the molecule is C[C@H]1CCCN(C)CC1. The highest BCUT2D eigenvalue weighted by molar-refractivity contribution is 4.63. The maximum absolute atomic E-state index is 2.43. The van der Waals surface area contributed by atoms with Crippen molar-refractivity contribution < 1.29 is 0 Å². The van der Waals surface area contributed by atoms with Crippen molar-refractivity contribution in [3.63, 3.8) is 0 Å². The van der Waals surface area contributed by atoms with Gasteiger partial charge in [-0.3, -0.25) is 0 Å². The summed E-state index contributed by atoms with van der Waals surface area (Å²) in [6.45, 7) is 4.98. The largest absolute Gasteiger partial charge is 0.306 e. The van der Waals surface area contributed by atoms with Gasteiger partial charge in [0, 0.05) is 0 Å². The van der Waals surface area contributed by atoms with E-state index < -0.39 is 0 Å². The van der Waals surface area contributed by atoms with Crippen molar-refractivity contribution in [3.05, 3.63) is 0 Å². The van der Waals surface area contributed by atoms with Gasteiger partial charge in [0.15, 0.2) is 0 Å². The van der Waals surface area contributed by atoms with Crippen LogP contribution in [0.1, 0.15) is 26.2 Å². The van der Waals surface area contributed by atoms with Crippen LogP contribution >= 0.6 is 0 Å². The molecule has 0 bridgehead atoms. The van der Waals surface area contributed by atoms with Crippen LogP contribution in [0, 0.1) is 5.92 Å². The first-order valence-electron chi connectivity index (χ1n) is 3.97. The van der Waals surface area contributed by atoms with Crippen molar-refractivity contribution in [2.45, 2.75) is 26.2 Å². The van der Waals surface area contributed by atoms with E-state index in [1.54, 1.807) is 0 Å². The molecule has 0 aromatic rings. The molecule has 0 amide bonds. The molecule has 1 heterocycles. The van der Waals surface area contributed by atoms with Gasteiger partial charge in [0.05, 0.1) is 0 Å². The minimum Gasteiger partial charge on any atom is -0.306 e. The van der Waals surface area contributed by atoms with Gasteiger partial charge in [0.25, 0.3) is 0 Å². The summed E-state index contributed by atoms with van der Waals surface area (Å²) in [5, 5.41) is 0. The predicted octanol–water partition coefficient (Wildman–Crippen LogP) is 1.74. The summed E-state index contributed by atoms with van der Waals surface area (Å²) in [6.07, 6.45) is 4.23. The lowest BCUT2D eigenvalue weighted by Gasteiger charge is -2.11. The van der Waals surface area contributed by atoms with E-state index >= 15 is 0 Å². The van der Waals surface area contributed by atoms with E-state index in [-0.39, 0.29) is 0 Å². The summed E-state index contributed by atoms with van der Waals surface area (Å²) >= 11 is 0. The van der Waals surface area contributed by atoms with Crippen LogP contribution in [0.25, 0.3) is 0 Å². The molecule has 1 nitrogen and oxygen atoms in total. The average molecular weight is 127 g/mol. The summed E-state index contributed by atoms with van der Waals surface area (Å²) in [6, 6.07) is 0. The van der Waals surface area contributed by atoms with Crippen LogP contribution in [0.15, 0.2) is 0 Å². The van der Waals surface area contributed by atoms with Crippen LogP contribution in [-0.4, -0.2) is 25.0 Å². The molecule has 0 aromatic heterocycles. The van der Waals surface area contributed by atoms with Gasteiger partial charge in [-0.15, -0.1) is 0 Å². The Kier molecular flexibility index (Phi) is 2.52. The molecule has 1 aliphatic heterocycles. The normalized spacial score (nSPS) is 32.0. The lowest BCUT2D eigenvalue weighted by Crippen LogP contribution is -2.18. The van der Waals surface area contributed by atoms with Crippen molar-refractivity contribution in [2.75, 3.05) is 20.1 Å². The first-order chi connectivity index (χ1) is 4.29. The quantitative estimate of drug-likeness (QED) is 0.479. The van der Waals surface area contributed by atoms with Gasteiger partial charge in [-0.05, 0) is 45.3 Å². The van der Waals surface area contributed by atoms with Crippen molar-refractivity contribution in [3.8, 4) is 0 Å². The van der Waals surface area contributed by atoms with Gasteiger partial charge in [-0.1, -0.05) is 6.92 Å². The summed E-state index contributed by atoms with van der Waals surface area (Å²) in [5.41, 5.74) is 0. The molecule has 0 aromatic carbocycles. The van der Waals surface area contributed by atoms with E-state index in [1.807, 2.05) is 0 Å². The van der Waals surface area contributed by atoms with Crippen LogP contribution in [0.4, 0.5) is 0 Å². The third kappa shape index (κ3) is 2.35. The Hall–Kier alpha value is -0.0400. The molecule has 1 rings (SSSR count). The lowest BCUT2D eigenvalue weighted by atomic mass is 10.0. The van der Waals surface area contributed by atoms with E-state index in [0.717, 1.165) is 5.92 Å². The minimum absolute atomic E-state index is 0.968. The maximum atomic E-state index is 2.43. The topological polar surface area (TPSA) is 3.24 Å². The molecule has 0 radical (unpaired) electrons. The fourth-order valence-corrected chi connectivity index (χ4v) is 1.41. The van der Waals surface area contributed by atoms with Gasteiger partial charge in [-0.2, -0.15) is 0 Å². The van der Waals surface area contributed by atoms with Gasteiger partial charge < -0.3 is 4.90 Å².